The lowest BCUT2D eigenvalue weighted by molar-refractivity contribution is -0.125. The summed E-state index contributed by atoms with van der Waals surface area (Å²) in [7, 11) is 1.66. The molecule has 2 unspecified atom stereocenters. The second-order valence-electron chi connectivity index (χ2n) is 4.16. The van der Waals surface area contributed by atoms with Crippen molar-refractivity contribution in [3.05, 3.63) is 0 Å². The van der Waals surface area contributed by atoms with Crippen LogP contribution >= 0.6 is 0 Å². The molecule has 0 saturated carbocycles. The van der Waals surface area contributed by atoms with Gasteiger partial charge in [-0.1, -0.05) is 27.2 Å². The number of hydrogen-bond acceptors (Lipinski definition) is 3. The van der Waals surface area contributed by atoms with Crippen molar-refractivity contribution >= 4 is 5.91 Å². The van der Waals surface area contributed by atoms with Crippen molar-refractivity contribution in [3.63, 3.8) is 0 Å². The zero-order valence-corrected chi connectivity index (χ0v) is 11.0. The lowest BCUT2D eigenvalue weighted by atomic mass is 10.1. The van der Waals surface area contributed by atoms with Crippen LogP contribution in [0.5, 0.6) is 0 Å². The molecule has 0 bridgehead atoms. The van der Waals surface area contributed by atoms with Gasteiger partial charge in [0.25, 0.3) is 0 Å². The van der Waals surface area contributed by atoms with Crippen LogP contribution in [-0.2, 0) is 9.53 Å². The Bertz CT molecular complexity index is 180. The molecule has 2 N–H and O–H groups in total. The van der Waals surface area contributed by atoms with Gasteiger partial charge in [0.1, 0.15) is 0 Å². The van der Waals surface area contributed by atoms with Crippen molar-refractivity contribution in [3.8, 4) is 0 Å². The number of nitrogens with one attached hydrogen (secondary N) is 2. The summed E-state index contributed by atoms with van der Waals surface area (Å²) in [6.45, 7) is 8.30. The smallest absolute Gasteiger partial charge is 0.224 e. The summed E-state index contributed by atoms with van der Waals surface area (Å²) in [6, 6.07) is 0.145. The van der Waals surface area contributed by atoms with E-state index in [2.05, 4.69) is 17.6 Å². The first kappa shape index (κ1) is 15.4. The van der Waals surface area contributed by atoms with Crippen molar-refractivity contribution in [1.29, 1.82) is 0 Å². The zero-order chi connectivity index (χ0) is 12.4. The van der Waals surface area contributed by atoms with Gasteiger partial charge >= 0.3 is 0 Å². The van der Waals surface area contributed by atoms with Crippen LogP contribution in [0.4, 0.5) is 0 Å². The molecule has 0 rings (SSSR count). The number of amides is 1. The third-order valence-corrected chi connectivity index (χ3v) is 2.50. The number of carbonyl (C=O) groups excluding carboxylic acids is 1. The molecule has 0 aromatic rings. The second kappa shape index (κ2) is 9.60. The maximum atomic E-state index is 11.8. The van der Waals surface area contributed by atoms with Crippen LogP contribution in [-0.4, -0.2) is 38.8 Å². The SMILES string of the molecule is CCCC(COC)NC(=O)C(C)CNCC. The summed E-state index contributed by atoms with van der Waals surface area (Å²) < 4.78 is 5.09. The predicted molar refractivity (Wildman–Crippen MR) is 66.4 cm³/mol. The average molecular weight is 230 g/mol. The Hall–Kier alpha value is -0.610. The van der Waals surface area contributed by atoms with E-state index in [0.717, 1.165) is 25.9 Å². The highest BCUT2D eigenvalue weighted by atomic mass is 16.5. The molecule has 4 nitrogen and oxygen atoms in total. The fraction of sp³-hybridized carbons (Fsp3) is 0.917. The van der Waals surface area contributed by atoms with Crippen molar-refractivity contribution < 1.29 is 9.53 Å². The van der Waals surface area contributed by atoms with Gasteiger partial charge in [-0.25, -0.2) is 0 Å². The van der Waals surface area contributed by atoms with E-state index in [9.17, 15) is 4.79 Å². The Morgan fingerprint density at radius 2 is 2.06 bits per heavy atom. The molecular formula is C12H26N2O2. The molecule has 2 atom stereocenters. The number of carbonyl (C=O) groups is 1. The monoisotopic (exact) mass is 230 g/mol. The second-order valence-corrected chi connectivity index (χ2v) is 4.16. The van der Waals surface area contributed by atoms with Crippen LogP contribution in [0.3, 0.4) is 0 Å². The highest BCUT2D eigenvalue weighted by Gasteiger charge is 2.16. The standard InChI is InChI=1S/C12H26N2O2/c1-5-7-11(9-16-4)14-12(15)10(3)8-13-6-2/h10-11,13H,5-9H2,1-4H3,(H,14,15). The highest BCUT2D eigenvalue weighted by molar-refractivity contribution is 5.78. The Balaban J connectivity index is 3.96. The minimum absolute atomic E-state index is 0.0103. The topological polar surface area (TPSA) is 50.4 Å². The molecule has 0 radical (unpaired) electrons. The van der Waals surface area contributed by atoms with Gasteiger partial charge in [0, 0.05) is 19.6 Å². The van der Waals surface area contributed by atoms with E-state index in [-0.39, 0.29) is 17.9 Å². The first-order valence-electron chi connectivity index (χ1n) is 6.15. The molecule has 0 fully saturated rings. The maximum Gasteiger partial charge on any atom is 0.224 e. The molecule has 16 heavy (non-hydrogen) atoms. The third kappa shape index (κ3) is 6.80. The van der Waals surface area contributed by atoms with Crippen LogP contribution < -0.4 is 10.6 Å². The van der Waals surface area contributed by atoms with Crippen LogP contribution in [0.15, 0.2) is 0 Å². The molecular weight excluding hydrogens is 204 g/mol. The molecule has 96 valence electrons. The van der Waals surface area contributed by atoms with Gasteiger partial charge in [-0.2, -0.15) is 0 Å². The Morgan fingerprint density at radius 1 is 1.38 bits per heavy atom. The third-order valence-electron chi connectivity index (χ3n) is 2.50. The van der Waals surface area contributed by atoms with E-state index < -0.39 is 0 Å². The number of rotatable bonds is 9. The fourth-order valence-corrected chi connectivity index (χ4v) is 1.54. The Kier molecular flexibility index (Phi) is 9.24. The lowest BCUT2D eigenvalue weighted by Gasteiger charge is -2.20. The van der Waals surface area contributed by atoms with Gasteiger partial charge in [-0.3, -0.25) is 4.79 Å². The summed E-state index contributed by atoms with van der Waals surface area (Å²) in [5.41, 5.74) is 0. The van der Waals surface area contributed by atoms with Crippen molar-refractivity contribution in [2.45, 2.75) is 39.7 Å². The van der Waals surface area contributed by atoms with Crippen molar-refractivity contribution in [2.75, 3.05) is 26.8 Å². The summed E-state index contributed by atoms with van der Waals surface area (Å²) in [6.07, 6.45) is 2.02. The molecule has 0 heterocycles. The lowest BCUT2D eigenvalue weighted by Crippen LogP contribution is -2.43. The molecule has 0 aliphatic heterocycles. The number of hydrogen-bond donors (Lipinski definition) is 2. The largest absolute Gasteiger partial charge is 0.383 e. The van der Waals surface area contributed by atoms with Gasteiger partial charge in [-0.15, -0.1) is 0 Å². The molecule has 4 heteroatoms. The average Bonchev–Trinajstić information content (AvgIpc) is 2.26. The van der Waals surface area contributed by atoms with Crippen LogP contribution in [0.2, 0.25) is 0 Å². The predicted octanol–water partition coefficient (Wildman–Crippen LogP) is 1.16. The fourth-order valence-electron chi connectivity index (χ4n) is 1.54. The summed E-state index contributed by atoms with van der Waals surface area (Å²) in [5, 5.41) is 6.20. The minimum Gasteiger partial charge on any atom is -0.383 e. The normalized spacial score (nSPS) is 14.5. The van der Waals surface area contributed by atoms with E-state index in [1.54, 1.807) is 7.11 Å². The summed E-state index contributed by atoms with van der Waals surface area (Å²) in [5.74, 6) is 0.118. The van der Waals surface area contributed by atoms with Gasteiger partial charge in [-0.05, 0) is 13.0 Å². The van der Waals surface area contributed by atoms with Crippen LogP contribution in [0.25, 0.3) is 0 Å². The Labute approximate surface area is 99.1 Å². The van der Waals surface area contributed by atoms with Crippen molar-refractivity contribution in [2.24, 2.45) is 5.92 Å². The van der Waals surface area contributed by atoms with Gasteiger partial charge in [0.2, 0.25) is 5.91 Å². The van der Waals surface area contributed by atoms with E-state index in [0.29, 0.717) is 6.61 Å². The zero-order valence-electron chi connectivity index (χ0n) is 11.0. The molecule has 0 saturated heterocycles. The van der Waals surface area contributed by atoms with Crippen LogP contribution in [0, 0.1) is 5.92 Å². The first-order valence-corrected chi connectivity index (χ1v) is 6.15. The Morgan fingerprint density at radius 3 is 2.56 bits per heavy atom. The molecule has 0 aliphatic carbocycles. The molecule has 0 spiro atoms. The van der Waals surface area contributed by atoms with E-state index in [1.165, 1.54) is 0 Å². The first-order chi connectivity index (χ1) is 7.65. The van der Waals surface area contributed by atoms with E-state index in [4.69, 9.17) is 4.74 Å². The number of ether oxygens (including phenoxy) is 1. The molecule has 1 amide bonds. The van der Waals surface area contributed by atoms with E-state index in [1.807, 2.05) is 13.8 Å². The quantitative estimate of drug-likeness (QED) is 0.625. The van der Waals surface area contributed by atoms with Gasteiger partial charge in [0.15, 0.2) is 0 Å². The molecule has 0 aromatic carbocycles. The number of methoxy groups -OCH3 is 1. The van der Waals surface area contributed by atoms with E-state index >= 15 is 0 Å². The van der Waals surface area contributed by atoms with Crippen molar-refractivity contribution in [1.82, 2.24) is 10.6 Å². The minimum atomic E-state index is 0.0103. The van der Waals surface area contributed by atoms with Crippen LogP contribution in [0.1, 0.15) is 33.6 Å². The van der Waals surface area contributed by atoms with Gasteiger partial charge in [0.05, 0.1) is 12.6 Å². The maximum absolute atomic E-state index is 11.8. The highest BCUT2D eigenvalue weighted by Crippen LogP contribution is 2.00. The molecule has 0 aromatic heterocycles. The van der Waals surface area contributed by atoms with Gasteiger partial charge < -0.3 is 15.4 Å². The molecule has 0 aliphatic rings. The summed E-state index contributed by atoms with van der Waals surface area (Å²) in [4.78, 5) is 11.8. The summed E-state index contributed by atoms with van der Waals surface area (Å²) >= 11 is 0.